The lowest BCUT2D eigenvalue weighted by Gasteiger charge is -2.32. The van der Waals surface area contributed by atoms with Crippen molar-refractivity contribution in [3.63, 3.8) is 0 Å². The van der Waals surface area contributed by atoms with Crippen molar-refractivity contribution in [2.45, 2.75) is 111 Å². The Morgan fingerprint density at radius 3 is 2.16 bits per heavy atom. The highest BCUT2D eigenvalue weighted by Crippen LogP contribution is 2.37. The molecule has 1 fully saturated rings. The lowest BCUT2D eigenvalue weighted by atomic mass is 9.73. The van der Waals surface area contributed by atoms with Crippen molar-refractivity contribution in [3.8, 4) is 0 Å². The van der Waals surface area contributed by atoms with Crippen molar-refractivity contribution in [2.75, 3.05) is 13.2 Å². The fourth-order valence-corrected chi connectivity index (χ4v) is 4.70. The molecule has 1 aliphatic rings. The van der Waals surface area contributed by atoms with Crippen molar-refractivity contribution in [3.05, 3.63) is 12.7 Å². The molecule has 0 aromatic carbocycles. The molecule has 1 aliphatic carbocycles. The summed E-state index contributed by atoms with van der Waals surface area (Å²) in [6.45, 7) is 11.0. The van der Waals surface area contributed by atoms with E-state index >= 15 is 0 Å². The molecular formula is C27H48O4. The van der Waals surface area contributed by atoms with Gasteiger partial charge in [-0.2, -0.15) is 0 Å². The van der Waals surface area contributed by atoms with Crippen LogP contribution in [0, 0.1) is 23.7 Å². The van der Waals surface area contributed by atoms with E-state index in [0.29, 0.717) is 19.1 Å². The molecule has 4 heteroatoms. The fraction of sp³-hybridized carbons (Fsp3) is 0.852. The van der Waals surface area contributed by atoms with Crippen molar-refractivity contribution >= 4 is 11.9 Å². The molecule has 0 aromatic heterocycles. The van der Waals surface area contributed by atoms with Gasteiger partial charge in [0.05, 0.1) is 19.1 Å². The van der Waals surface area contributed by atoms with Crippen LogP contribution >= 0.6 is 0 Å². The number of hydrogen-bond donors (Lipinski definition) is 0. The fourth-order valence-electron chi connectivity index (χ4n) is 4.70. The summed E-state index contributed by atoms with van der Waals surface area (Å²) in [5.41, 5.74) is 0. The first-order chi connectivity index (χ1) is 15.0. The third-order valence-corrected chi connectivity index (χ3v) is 7.06. The minimum Gasteiger partial charge on any atom is -0.465 e. The summed E-state index contributed by atoms with van der Waals surface area (Å²) >= 11 is 0. The van der Waals surface area contributed by atoms with Crippen LogP contribution in [0.15, 0.2) is 12.7 Å². The number of unbranched alkanes of at least 4 members (excludes halogenated alkanes) is 5. The molecule has 2 unspecified atom stereocenters. The van der Waals surface area contributed by atoms with Crippen LogP contribution < -0.4 is 0 Å². The van der Waals surface area contributed by atoms with Crippen molar-refractivity contribution < 1.29 is 19.1 Å². The second-order valence-corrected chi connectivity index (χ2v) is 9.69. The monoisotopic (exact) mass is 436 g/mol. The van der Waals surface area contributed by atoms with E-state index in [1.807, 2.05) is 6.92 Å². The zero-order valence-electron chi connectivity index (χ0n) is 20.5. The summed E-state index contributed by atoms with van der Waals surface area (Å²) in [7, 11) is 0. The van der Waals surface area contributed by atoms with E-state index in [-0.39, 0.29) is 17.9 Å². The molecule has 0 aromatic rings. The average molecular weight is 437 g/mol. The standard InChI is InChI=1S/C27H48O4/c1-5-7-10-13-24-16-18-25(19-17-24)22(3)14-15-23(4)27(29)31-21-12-9-8-11-20-30-26(28)6-2/h6,22-25H,2,5,7-21H2,1,3-4H3. The Kier molecular flexibility index (Phi) is 15.4. The van der Waals surface area contributed by atoms with Crippen LogP contribution in [0.3, 0.4) is 0 Å². The van der Waals surface area contributed by atoms with Crippen molar-refractivity contribution in [1.82, 2.24) is 0 Å². The van der Waals surface area contributed by atoms with E-state index in [9.17, 15) is 9.59 Å². The van der Waals surface area contributed by atoms with Gasteiger partial charge in [0.15, 0.2) is 0 Å². The maximum Gasteiger partial charge on any atom is 0.330 e. The highest BCUT2D eigenvalue weighted by molar-refractivity contribution is 5.81. The molecule has 0 aliphatic heterocycles. The molecule has 0 spiro atoms. The van der Waals surface area contributed by atoms with Gasteiger partial charge in [-0.1, -0.05) is 65.9 Å². The number of carbonyl (C=O) groups excluding carboxylic acids is 2. The Labute approximate surface area is 191 Å². The van der Waals surface area contributed by atoms with Gasteiger partial charge in [-0.3, -0.25) is 4.79 Å². The summed E-state index contributed by atoms with van der Waals surface area (Å²) in [6, 6.07) is 0. The average Bonchev–Trinajstić information content (AvgIpc) is 2.79. The van der Waals surface area contributed by atoms with Crippen molar-refractivity contribution in [2.24, 2.45) is 23.7 Å². The van der Waals surface area contributed by atoms with Crippen LogP contribution in [0.25, 0.3) is 0 Å². The Morgan fingerprint density at radius 1 is 0.903 bits per heavy atom. The van der Waals surface area contributed by atoms with Gasteiger partial charge < -0.3 is 9.47 Å². The number of rotatable bonds is 17. The van der Waals surface area contributed by atoms with E-state index in [2.05, 4.69) is 20.4 Å². The molecule has 2 atom stereocenters. The summed E-state index contributed by atoms with van der Waals surface area (Å²) in [5, 5.41) is 0. The smallest absolute Gasteiger partial charge is 0.330 e. The Hall–Kier alpha value is -1.32. The third kappa shape index (κ3) is 13.0. The lowest BCUT2D eigenvalue weighted by molar-refractivity contribution is -0.148. The molecule has 0 radical (unpaired) electrons. The zero-order chi connectivity index (χ0) is 22.9. The third-order valence-electron chi connectivity index (χ3n) is 7.06. The number of ether oxygens (including phenoxy) is 2. The van der Waals surface area contributed by atoms with Crippen LogP contribution in [-0.2, 0) is 19.1 Å². The van der Waals surface area contributed by atoms with E-state index in [1.54, 1.807) is 0 Å². The topological polar surface area (TPSA) is 52.6 Å². The summed E-state index contributed by atoms with van der Waals surface area (Å²) < 4.78 is 10.4. The summed E-state index contributed by atoms with van der Waals surface area (Å²) in [6.07, 6.45) is 18.0. The maximum atomic E-state index is 12.3. The van der Waals surface area contributed by atoms with Gasteiger partial charge in [0.1, 0.15) is 0 Å². The predicted molar refractivity (Wildman–Crippen MR) is 128 cm³/mol. The van der Waals surface area contributed by atoms with Gasteiger partial charge >= 0.3 is 11.9 Å². The largest absolute Gasteiger partial charge is 0.465 e. The molecular weight excluding hydrogens is 388 g/mol. The first-order valence-corrected chi connectivity index (χ1v) is 12.9. The van der Waals surface area contributed by atoms with Gasteiger partial charge in [-0.05, 0) is 69.1 Å². The first kappa shape index (κ1) is 27.7. The second kappa shape index (κ2) is 17.3. The lowest BCUT2D eigenvalue weighted by Crippen LogP contribution is -2.22. The predicted octanol–water partition coefficient (Wildman–Crippen LogP) is 7.26. The molecule has 0 amide bonds. The molecule has 0 heterocycles. The minimum atomic E-state index is -0.368. The molecule has 4 nitrogen and oxygen atoms in total. The molecule has 0 bridgehead atoms. The van der Waals surface area contributed by atoms with E-state index in [1.165, 1.54) is 57.4 Å². The normalized spacial score (nSPS) is 20.6. The molecule has 31 heavy (non-hydrogen) atoms. The van der Waals surface area contributed by atoms with Gasteiger partial charge in [0, 0.05) is 6.08 Å². The number of carbonyl (C=O) groups is 2. The molecule has 1 saturated carbocycles. The van der Waals surface area contributed by atoms with E-state index < -0.39 is 0 Å². The Balaban J connectivity index is 2.05. The van der Waals surface area contributed by atoms with Crippen LogP contribution in [0.2, 0.25) is 0 Å². The van der Waals surface area contributed by atoms with Crippen molar-refractivity contribution in [1.29, 1.82) is 0 Å². The molecule has 1 rings (SSSR count). The SMILES string of the molecule is C=CC(=O)OCCCCCCOC(=O)C(C)CCC(C)C1CCC(CCCCC)CC1. The Bertz CT molecular complexity index is 493. The van der Waals surface area contributed by atoms with Gasteiger partial charge in [-0.15, -0.1) is 0 Å². The quantitative estimate of drug-likeness (QED) is 0.137. The van der Waals surface area contributed by atoms with E-state index in [4.69, 9.17) is 9.47 Å². The highest BCUT2D eigenvalue weighted by atomic mass is 16.5. The van der Waals surface area contributed by atoms with Crippen LogP contribution in [0.5, 0.6) is 0 Å². The number of esters is 2. The Morgan fingerprint density at radius 2 is 1.55 bits per heavy atom. The first-order valence-electron chi connectivity index (χ1n) is 12.9. The maximum absolute atomic E-state index is 12.3. The van der Waals surface area contributed by atoms with Gasteiger partial charge in [0.2, 0.25) is 0 Å². The molecule has 0 N–H and O–H groups in total. The summed E-state index contributed by atoms with van der Waals surface area (Å²) in [5.74, 6) is 2.09. The summed E-state index contributed by atoms with van der Waals surface area (Å²) in [4.78, 5) is 23.2. The van der Waals surface area contributed by atoms with Gasteiger partial charge in [0.25, 0.3) is 0 Å². The molecule has 180 valence electrons. The highest BCUT2D eigenvalue weighted by Gasteiger charge is 2.26. The zero-order valence-corrected chi connectivity index (χ0v) is 20.5. The molecule has 0 saturated heterocycles. The minimum absolute atomic E-state index is 0.00820. The van der Waals surface area contributed by atoms with Crippen LogP contribution in [-0.4, -0.2) is 25.2 Å². The second-order valence-electron chi connectivity index (χ2n) is 9.69. The van der Waals surface area contributed by atoms with Crippen LogP contribution in [0.1, 0.15) is 111 Å². The number of hydrogen-bond acceptors (Lipinski definition) is 4. The van der Waals surface area contributed by atoms with Gasteiger partial charge in [-0.25, -0.2) is 4.79 Å². The van der Waals surface area contributed by atoms with Crippen LogP contribution in [0.4, 0.5) is 0 Å². The van der Waals surface area contributed by atoms with E-state index in [0.717, 1.165) is 50.4 Å².